The molecule has 1 atom stereocenters. The number of aliphatic hydroxyl groups excluding tert-OH is 1. The molecule has 2 aliphatic rings. The first-order valence-corrected chi connectivity index (χ1v) is 8.00. The first-order valence-electron chi connectivity index (χ1n) is 8.00. The van der Waals surface area contributed by atoms with Gasteiger partial charge in [-0.05, 0) is 31.2 Å². The highest BCUT2D eigenvalue weighted by molar-refractivity contribution is 5.63. The number of rotatable bonds is 5. The largest absolute Gasteiger partial charge is 0.480 e. The molecule has 1 aromatic rings. The van der Waals surface area contributed by atoms with Crippen molar-refractivity contribution >= 4 is 5.69 Å². The van der Waals surface area contributed by atoms with Crippen LogP contribution in [-0.4, -0.2) is 36.9 Å². The molecule has 5 nitrogen and oxygen atoms in total. The van der Waals surface area contributed by atoms with Crippen LogP contribution in [0.1, 0.15) is 37.7 Å². The lowest BCUT2D eigenvalue weighted by Gasteiger charge is -2.43. The fourth-order valence-electron chi connectivity index (χ4n) is 3.66. The summed E-state index contributed by atoms with van der Waals surface area (Å²) in [5, 5.41) is 19.4. The molecule has 0 unspecified atom stereocenters. The number of piperidine rings is 1. The van der Waals surface area contributed by atoms with Crippen molar-refractivity contribution in [2.24, 2.45) is 11.3 Å². The lowest BCUT2D eigenvalue weighted by atomic mass is 9.76. The van der Waals surface area contributed by atoms with Crippen molar-refractivity contribution in [3.8, 4) is 11.9 Å². The fraction of sp³-hybridized carbons (Fsp3) is 0.647. The number of ether oxygens (including phenoxy) is 1. The molecule has 22 heavy (non-hydrogen) atoms. The van der Waals surface area contributed by atoms with Crippen LogP contribution < -0.4 is 9.64 Å². The number of hydrogen-bond donors (Lipinski definition) is 1. The summed E-state index contributed by atoms with van der Waals surface area (Å²) in [7, 11) is 1.54. The molecule has 0 aromatic carbocycles. The van der Waals surface area contributed by atoms with E-state index in [1.807, 2.05) is 6.07 Å². The Morgan fingerprint density at radius 3 is 3.00 bits per heavy atom. The summed E-state index contributed by atoms with van der Waals surface area (Å²) in [6.45, 7) is 1.94. The summed E-state index contributed by atoms with van der Waals surface area (Å²) in [4.78, 5) is 6.34. The molecule has 3 rings (SSSR count). The number of hydrogen-bond acceptors (Lipinski definition) is 5. The van der Waals surface area contributed by atoms with Crippen LogP contribution in [0.2, 0.25) is 0 Å². The van der Waals surface area contributed by atoms with Crippen LogP contribution >= 0.6 is 0 Å². The van der Waals surface area contributed by atoms with Gasteiger partial charge in [0.25, 0.3) is 0 Å². The zero-order valence-electron chi connectivity index (χ0n) is 13.1. The van der Waals surface area contributed by atoms with E-state index in [0.717, 1.165) is 44.0 Å². The van der Waals surface area contributed by atoms with Crippen molar-refractivity contribution in [2.45, 2.75) is 32.1 Å². The SMILES string of the molecule is COc1nccc(N2CCC[C@@](CO)(CC3CC3)C2)c1C#N. The van der Waals surface area contributed by atoms with Gasteiger partial charge in [0.15, 0.2) is 0 Å². The minimum absolute atomic E-state index is 0.0252. The number of pyridine rings is 1. The van der Waals surface area contributed by atoms with E-state index in [-0.39, 0.29) is 12.0 Å². The molecule has 1 aliphatic heterocycles. The van der Waals surface area contributed by atoms with E-state index in [2.05, 4.69) is 16.0 Å². The Kier molecular flexibility index (Phi) is 4.21. The highest BCUT2D eigenvalue weighted by atomic mass is 16.5. The van der Waals surface area contributed by atoms with E-state index < -0.39 is 0 Å². The van der Waals surface area contributed by atoms with E-state index in [1.54, 1.807) is 6.20 Å². The van der Waals surface area contributed by atoms with Gasteiger partial charge in [0.1, 0.15) is 11.6 Å². The van der Waals surface area contributed by atoms with E-state index in [0.29, 0.717) is 11.4 Å². The highest BCUT2D eigenvalue weighted by Crippen LogP contribution is 2.45. The first-order chi connectivity index (χ1) is 10.7. The van der Waals surface area contributed by atoms with Gasteiger partial charge in [0, 0.05) is 24.7 Å². The summed E-state index contributed by atoms with van der Waals surface area (Å²) >= 11 is 0. The van der Waals surface area contributed by atoms with E-state index in [4.69, 9.17) is 4.74 Å². The third kappa shape index (κ3) is 2.89. The molecular weight excluding hydrogens is 278 g/mol. The monoisotopic (exact) mass is 301 g/mol. The van der Waals surface area contributed by atoms with Gasteiger partial charge in [-0.1, -0.05) is 12.8 Å². The number of anilines is 1. The van der Waals surface area contributed by atoms with Gasteiger partial charge in [-0.3, -0.25) is 0 Å². The summed E-state index contributed by atoms with van der Waals surface area (Å²) in [5.41, 5.74) is 1.34. The highest BCUT2D eigenvalue weighted by Gasteiger charge is 2.40. The lowest BCUT2D eigenvalue weighted by molar-refractivity contribution is 0.0903. The third-order valence-corrected chi connectivity index (χ3v) is 4.96. The Labute approximate surface area is 131 Å². The summed E-state index contributed by atoms with van der Waals surface area (Å²) < 4.78 is 5.21. The Morgan fingerprint density at radius 1 is 1.55 bits per heavy atom. The van der Waals surface area contributed by atoms with E-state index >= 15 is 0 Å². The molecule has 118 valence electrons. The van der Waals surface area contributed by atoms with E-state index in [9.17, 15) is 10.4 Å². The van der Waals surface area contributed by atoms with Gasteiger partial charge < -0.3 is 14.7 Å². The maximum absolute atomic E-state index is 9.98. The van der Waals surface area contributed by atoms with Gasteiger partial charge in [0.2, 0.25) is 5.88 Å². The molecule has 1 aromatic heterocycles. The zero-order chi connectivity index (χ0) is 15.6. The molecule has 2 fully saturated rings. The van der Waals surface area contributed by atoms with Gasteiger partial charge >= 0.3 is 0 Å². The number of nitriles is 1. The molecule has 0 amide bonds. The summed E-state index contributed by atoms with van der Waals surface area (Å²) in [6, 6.07) is 4.10. The second kappa shape index (κ2) is 6.13. The first kappa shape index (κ1) is 15.1. The lowest BCUT2D eigenvalue weighted by Crippen LogP contribution is -2.46. The Hall–Kier alpha value is -1.80. The molecule has 0 spiro atoms. The fourth-order valence-corrected chi connectivity index (χ4v) is 3.66. The van der Waals surface area contributed by atoms with Crippen LogP contribution in [0.4, 0.5) is 5.69 Å². The average Bonchev–Trinajstić information content (AvgIpc) is 3.37. The van der Waals surface area contributed by atoms with Gasteiger partial charge in [-0.15, -0.1) is 0 Å². The Bertz CT molecular complexity index is 580. The van der Waals surface area contributed by atoms with Crippen molar-refractivity contribution in [3.63, 3.8) is 0 Å². The molecule has 1 saturated carbocycles. The molecule has 1 aliphatic carbocycles. The Morgan fingerprint density at radius 2 is 2.36 bits per heavy atom. The zero-order valence-corrected chi connectivity index (χ0v) is 13.1. The minimum atomic E-state index is -0.0252. The topological polar surface area (TPSA) is 69.4 Å². The Balaban J connectivity index is 1.87. The van der Waals surface area contributed by atoms with Gasteiger partial charge in [0.05, 0.1) is 19.4 Å². The van der Waals surface area contributed by atoms with Crippen LogP contribution in [0.25, 0.3) is 0 Å². The molecule has 5 heteroatoms. The number of aromatic nitrogens is 1. The maximum atomic E-state index is 9.98. The summed E-state index contributed by atoms with van der Waals surface area (Å²) in [6.07, 6.45) is 7.50. The molecular formula is C17H23N3O2. The average molecular weight is 301 g/mol. The second-order valence-electron chi connectivity index (χ2n) is 6.66. The molecule has 1 saturated heterocycles. The standard InChI is InChI=1S/C17H23N3O2/c1-22-16-14(10-18)15(5-7-19-16)20-8-2-6-17(11-20,12-21)9-13-3-4-13/h5,7,13,21H,2-4,6,8-9,11-12H2,1H3/t17-/m1/s1. The molecule has 2 heterocycles. The number of aliphatic hydroxyl groups is 1. The van der Waals surface area contributed by atoms with Gasteiger partial charge in [-0.2, -0.15) is 5.26 Å². The third-order valence-electron chi connectivity index (χ3n) is 4.96. The van der Waals surface area contributed by atoms with Crippen LogP contribution in [-0.2, 0) is 0 Å². The van der Waals surface area contributed by atoms with Crippen molar-refractivity contribution in [2.75, 3.05) is 31.7 Å². The van der Waals surface area contributed by atoms with Crippen molar-refractivity contribution in [1.29, 1.82) is 5.26 Å². The van der Waals surface area contributed by atoms with E-state index in [1.165, 1.54) is 20.0 Å². The smallest absolute Gasteiger partial charge is 0.233 e. The predicted molar refractivity (Wildman–Crippen MR) is 83.8 cm³/mol. The van der Waals surface area contributed by atoms with Crippen LogP contribution in [0.3, 0.4) is 0 Å². The van der Waals surface area contributed by atoms with Crippen molar-refractivity contribution in [3.05, 3.63) is 17.8 Å². The van der Waals surface area contributed by atoms with Crippen molar-refractivity contribution < 1.29 is 9.84 Å². The quantitative estimate of drug-likeness (QED) is 0.904. The number of methoxy groups -OCH3 is 1. The van der Waals surface area contributed by atoms with Gasteiger partial charge in [-0.25, -0.2) is 4.98 Å². The predicted octanol–water partition coefficient (Wildman–Crippen LogP) is 2.34. The van der Waals surface area contributed by atoms with Crippen LogP contribution in [0, 0.1) is 22.7 Å². The second-order valence-corrected chi connectivity index (χ2v) is 6.66. The van der Waals surface area contributed by atoms with Crippen molar-refractivity contribution in [1.82, 2.24) is 4.98 Å². The minimum Gasteiger partial charge on any atom is -0.480 e. The maximum Gasteiger partial charge on any atom is 0.233 e. The summed E-state index contributed by atoms with van der Waals surface area (Å²) in [5.74, 6) is 1.16. The molecule has 0 bridgehead atoms. The molecule has 1 N–H and O–H groups in total. The normalized spacial score (nSPS) is 24.9. The van der Waals surface area contributed by atoms with Crippen LogP contribution in [0.5, 0.6) is 5.88 Å². The van der Waals surface area contributed by atoms with Crippen LogP contribution in [0.15, 0.2) is 12.3 Å². The molecule has 0 radical (unpaired) electrons. The number of nitrogens with zero attached hydrogens (tertiary/aromatic N) is 3.